The smallest absolute Gasteiger partial charge is 0.252 e. The molecule has 0 saturated carbocycles. The quantitative estimate of drug-likeness (QED) is 0.746. The Morgan fingerprint density at radius 2 is 2.06 bits per heavy atom. The number of carbonyl (C=O) groups is 2. The SMILES string of the molecule is CN(C)C(=O)CCNC(=O)c1ccc(=O)[nH]c1. The van der Waals surface area contributed by atoms with Gasteiger partial charge in [-0.05, 0) is 6.07 Å². The molecule has 2 amide bonds. The molecule has 1 aromatic rings. The van der Waals surface area contributed by atoms with E-state index in [4.69, 9.17) is 0 Å². The molecule has 0 bridgehead atoms. The lowest BCUT2D eigenvalue weighted by Crippen LogP contribution is -2.30. The third kappa shape index (κ3) is 4.10. The van der Waals surface area contributed by atoms with E-state index < -0.39 is 0 Å². The molecule has 0 aromatic carbocycles. The molecule has 0 aliphatic heterocycles. The molecule has 1 heterocycles. The van der Waals surface area contributed by atoms with Crippen LogP contribution in [0, 0.1) is 0 Å². The molecule has 0 aliphatic carbocycles. The molecule has 6 heteroatoms. The van der Waals surface area contributed by atoms with Gasteiger partial charge in [0.1, 0.15) is 0 Å². The van der Waals surface area contributed by atoms with Crippen LogP contribution in [-0.4, -0.2) is 42.3 Å². The third-order valence-corrected chi connectivity index (χ3v) is 2.17. The van der Waals surface area contributed by atoms with Gasteiger partial charge in [-0.15, -0.1) is 0 Å². The molecule has 0 radical (unpaired) electrons. The molecule has 17 heavy (non-hydrogen) atoms. The summed E-state index contributed by atoms with van der Waals surface area (Å²) < 4.78 is 0. The average molecular weight is 237 g/mol. The van der Waals surface area contributed by atoms with Gasteiger partial charge in [0.15, 0.2) is 0 Å². The topological polar surface area (TPSA) is 82.3 Å². The van der Waals surface area contributed by atoms with E-state index in [1.807, 2.05) is 0 Å². The molecule has 1 rings (SSSR count). The molecule has 0 atom stereocenters. The number of hydrogen-bond donors (Lipinski definition) is 2. The summed E-state index contributed by atoms with van der Waals surface area (Å²) in [5.41, 5.74) is 0.103. The largest absolute Gasteiger partial charge is 0.351 e. The number of hydrogen-bond acceptors (Lipinski definition) is 3. The fourth-order valence-electron chi connectivity index (χ4n) is 1.16. The van der Waals surface area contributed by atoms with Gasteiger partial charge in [0.25, 0.3) is 5.91 Å². The first-order valence-corrected chi connectivity index (χ1v) is 5.18. The summed E-state index contributed by atoms with van der Waals surface area (Å²) >= 11 is 0. The summed E-state index contributed by atoms with van der Waals surface area (Å²) in [6, 6.07) is 2.71. The number of aromatic nitrogens is 1. The van der Waals surface area contributed by atoms with E-state index in [0.29, 0.717) is 5.56 Å². The van der Waals surface area contributed by atoms with Crippen LogP contribution in [0.1, 0.15) is 16.8 Å². The zero-order valence-corrected chi connectivity index (χ0v) is 9.82. The van der Waals surface area contributed by atoms with Crippen molar-refractivity contribution in [1.29, 1.82) is 0 Å². The van der Waals surface area contributed by atoms with Crippen LogP contribution >= 0.6 is 0 Å². The highest BCUT2D eigenvalue weighted by Gasteiger charge is 2.07. The number of amides is 2. The maximum absolute atomic E-state index is 11.5. The molecule has 0 spiro atoms. The number of pyridine rings is 1. The first-order valence-electron chi connectivity index (χ1n) is 5.18. The second-order valence-corrected chi connectivity index (χ2v) is 3.74. The summed E-state index contributed by atoms with van der Waals surface area (Å²) in [6.07, 6.45) is 1.59. The van der Waals surface area contributed by atoms with Crippen molar-refractivity contribution in [2.45, 2.75) is 6.42 Å². The molecule has 1 aromatic heterocycles. The molecule has 0 unspecified atom stereocenters. The van der Waals surface area contributed by atoms with E-state index >= 15 is 0 Å². The molecule has 0 fully saturated rings. The van der Waals surface area contributed by atoms with Crippen molar-refractivity contribution in [2.75, 3.05) is 20.6 Å². The Hall–Kier alpha value is -2.11. The predicted octanol–water partition coefficient (Wildman–Crippen LogP) is -0.417. The van der Waals surface area contributed by atoms with Gasteiger partial charge in [-0.2, -0.15) is 0 Å². The van der Waals surface area contributed by atoms with E-state index in [-0.39, 0.29) is 30.3 Å². The second-order valence-electron chi connectivity index (χ2n) is 3.74. The third-order valence-electron chi connectivity index (χ3n) is 2.17. The van der Waals surface area contributed by atoms with Gasteiger partial charge in [-0.25, -0.2) is 0 Å². The summed E-state index contributed by atoms with van der Waals surface area (Å²) in [5, 5.41) is 2.60. The highest BCUT2D eigenvalue weighted by molar-refractivity contribution is 5.94. The number of nitrogens with one attached hydrogen (secondary N) is 2. The Labute approximate surface area is 98.6 Å². The summed E-state index contributed by atoms with van der Waals surface area (Å²) in [5.74, 6) is -0.362. The van der Waals surface area contributed by atoms with E-state index in [0.717, 1.165) is 0 Å². The Bertz CT molecular complexity index is 445. The molecule has 0 aliphatic rings. The molecular formula is C11H15N3O3. The Morgan fingerprint density at radius 1 is 1.35 bits per heavy atom. The minimum Gasteiger partial charge on any atom is -0.351 e. The number of H-pyrrole nitrogens is 1. The van der Waals surface area contributed by atoms with Crippen LogP contribution in [0.2, 0.25) is 0 Å². The van der Waals surface area contributed by atoms with Crippen molar-refractivity contribution < 1.29 is 9.59 Å². The van der Waals surface area contributed by atoms with Crippen molar-refractivity contribution in [3.8, 4) is 0 Å². The fourth-order valence-corrected chi connectivity index (χ4v) is 1.16. The zero-order chi connectivity index (χ0) is 12.8. The first-order chi connectivity index (χ1) is 8.00. The van der Waals surface area contributed by atoms with Gasteiger partial charge < -0.3 is 15.2 Å². The highest BCUT2D eigenvalue weighted by Crippen LogP contribution is 1.93. The van der Waals surface area contributed by atoms with Crippen molar-refractivity contribution >= 4 is 11.8 Å². The lowest BCUT2D eigenvalue weighted by molar-refractivity contribution is -0.128. The maximum atomic E-state index is 11.5. The van der Waals surface area contributed by atoms with Crippen LogP contribution < -0.4 is 10.9 Å². The number of aromatic amines is 1. The first kappa shape index (κ1) is 13.0. The Balaban J connectivity index is 2.43. The molecule has 6 nitrogen and oxygen atoms in total. The van der Waals surface area contributed by atoms with E-state index in [1.165, 1.54) is 23.2 Å². The maximum Gasteiger partial charge on any atom is 0.252 e. The Kier molecular flexibility index (Phi) is 4.45. The number of rotatable bonds is 4. The number of nitrogens with zero attached hydrogens (tertiary/aromatic N) is 1. The van der Waals surface area contributed by atoms with Gasteiger partial charge in [-0.3, -0.25) is 14.4 Å². The van der Waals surface area contributed by atoms with Crippen LogP contribution in [0.15, 0.2) is 23.1 Å². The minimum absolute atomic E-state index is 0.0493. The predicted molar refractivity (Wildman–Crippen MR) is 62.7 cm³/mol. The van der Waals surface area contributed by atoms with Crippen molar-refractivity contribution in [2.24, 2.45) is 0 Å². The van der Waals surface area contributed by atoms with E-state index in [9.17, 15) is 14.4 Å². The number of carbonyl (C=O) groups excluding carboxylic acids is 2. The van der Waals surface area contributed by atoms with Crippen molar-refractivity contribution in [3.05, 3.63) is 34.2 Å². The molecule has 0 saturated heterocycles. The van der Waals surface area contributed by atoms with Gasteiger partial charge in [0, 0.05) is 39.3 Å². The summed E-state index contributed by atoms with van der Waals surface area (Å²) in [7, 11) is 3.32. The average Bonchev–Trinajstić information content (AvgIpc) is 2.29. The molecule has 92 valence electrons. The Morgan fingerprint density at radius 3 is 2.59 bits per heavy atom. The summed E-state index contributed by atoms with van der Waals surface area (Å²) in [6.45, 7) is 0.273. The highest BCUT2D eigenvalue weighted by atomic mass is 16.2. The van der Waals surface area contributed by atoms with Crippen LogP contribution in [0.4, 0.5) is 0 Å². The summed E-state index contributed by atoms with van der Waals surface area (Å²) in [4.78, 5) is 37.4. The van der Waals surface area contributed by atoms with Crippen LogP contribution in [0.25, 0.3) is 0 Å². The van der Waals surface area contributed by atoms with Gasteiger partial charge >= 0.3 is 0 Å². The monoisotopic (exact) mass is 237 g/mol. The van der Waals surface area contributed by atoms with Gasteiger partial charge in [-0.1, -0.05) is 0 Å². The fraction of sp³-hybridized carbons (Fsp3) is 0.364. The van der Waals surface area contributed by atoms with Gasteiger partial charge in [0.05, 0.1) is 5.56 Å². The van der Waals surface area contributed by atoms with Crippen LogP contribution in [0.3, 0.4) is 0 Å². The van der Waals surface area contributed by atoms with Crippen LogP contribution in [-0.2, 0) is 4.79 Å². The van der Waals surface area contributed by atoms with Crippen molar-refractivity contribution in [1.82, 2.24) is 15.2 Å². The van der Waals surface area contributed by atoms with Gasteiger partial charge in [0.2, 0.25) is 11.5 Å². The lowest BCUT2D eigenvalue weighted by atomic mass is 10.2. The molecule has 2 N–H and O–H groups in total. The van der Waals surface area contributed by atoms with Crippen molar-refractivity contribution in [3.63, 3.8) is 0 Å². The normalized spacial score (nSPS) is 9.76. The second kappa shape index (κ2) is 5.83. The minimum atomic E-state index is -0.312. The zero-order valence-electron chi connectivity index (χ0n) is 9.82. The molecular weight excluding hydrogens is 222 g/mol. The van der Waals surface area contributed by atoms with E-state index in [1.54, 1.807) is 14.1 Å². The van der Waals surface area contributed by atoms with Crippen LogP contribution in [0.5, 0.6) is 0 Å². The standard InChI is InChI=1S/C11H15N3O3/c1-14(2)10(16)5-6-12-11(17)8-3-4-9(15)13-7-8/h3-4,7H,5-6H2,1-2H3,(H,12,17)(H,13,15). The lowest BCUT2D eigenvalue weighted by Gasteiger charge is -2.10. The van der Waals surface area contributed by atoms with E-state index in [2.05, 4.69) is 10.3 Å².